The molecule has 0 saturated carbocycles. The third-order valence-corrected chi connectivity index (χ3v) is 5.70. The van der Waals surface area contributed by atoms with Crippen LogP contribution in [0.3, 0.4) is 0 Å². The average molecular weight is 385 g/mol. The summed E-state index contributed by atoms with van der Waals surface area (Å²) < 4.78 is 17.1. The van der Waals surface area contributed by atoms with Crippen LogP contribution in [-0.4, -0.2) is 37.5 Å². The maximum atomic E-state index is 12.7. The Bertz CT molecular complexity index is 627. The Morgan fingerprint density at radius 3 is 1.70 bits per heavy atom. The van der Waals surface area contributed by atoms with Crippen LogP contribution in [0.1, 0.15) is 33.3 Å². The molecule has 0 atom stereocenters. The predicted octanol–water partition coefficient (Wildman–Crippen LogP) is 4.04. The minimum absolute atomic E-state index is 0.532. The topological polar surface area (TPSA) is 50.8 Å². The van der Waals surface area contributed by atoms with Crippen LogP contribution in [0.25, 0.3) is 5.57 Å². The number of benzene rings is 1. The number of methoxy groups -OCH3 is 3. The molecule has 1 aliphatic rings. The molecule has 1 radical (unpaired) electrons. The van der Waals surface area contributed by atoms with E-state index in [-0.39, 0.29) is 0 Å². The SMILES string of the molecule is COc1cc(C2=C(Br)C(C)(C)N([O])C2(C)C)cc(OC)c1OC. The lowest BCUT2D eigenvalue weighted by Crippen LogP contribution is -2.47. The lowest BCUT2D eigenvalue weighted by Gasteiger charge is -2.34. The van der Waals surface area contributed by atoms with E-state index in [0.29, 0.717) is 17.2 Å². The number of nitrogens with zero attached hydrogens (tertiary/aromatic N) is 1. The number of halogens is 1. The Morgan fingerprint density at radius 1 is 0.913 bits per heavy atom. The molecule has 0 N–H and O–H groups in total. The van der Waals surface area contributed by atoms with Gasteiger partial charge in [0, 0.05) is 4.48 Å². The highest BCUT2D eigenvalue weighted by atomic mass is 79.9. The molecule has 0 aliphatic carbocycles. The first kappa shape index (κ1) is 18.1. The van der Waals surface area contributed by atoms with Crippen LogP contribution in [0.2, 0.25) is 0 Å². The van der Waals surface area contributed by atoms with Gasteiger partial charge in [0.05, 0.1) is 32.4 Å². The molecular formula is C17H23BrNO4. The van der Waals surface area contributed by atoms with Crippen molar-refractivity contribution in [2.75, 3.05) is 21.3 Å². The van der Waals surface area contributed by atoms with Gasteiger partial charge in [0.2, 0.25) is 5.75 Å². The van der Waals surface area contributed by atoms with Gasteiger partial charge in [-0.05, 0) is 51.0 Å². The Hall–Kier alpha value is -1.24. The molecular weight excluding hydrogens is 362 g/mol. The maximum Gasteiger partial charge on any atom is 0.203 e. The summed E-state index contributed by atoms with van der Waals surface area (Å²) in [7, 11) is 4.72. The monoisotopic (exact) mass is 384 g/mol. The van der Waals surface area contributed by atoms with Crippen LogP contribution in [0.15, 0.2) is 16.6 Å². The number of hydrogen-bond donors (Lipinski definition) is 0. The van der Waals surface area contributed by atoms with Crippen molar-refractivity contribution in [2.24, 2.45) is 0 Å². The molecule has 0 saturated heterocycles. The smallest absolute Gasteiger partial charge is 0.203 e. The van der Waals surface area contributed by atoms with E-state index in [1.54, 1.807) is 21.3 Å². The molecule has 5 nitrogen and oxygen atoms in total. The van der Waals surface area contributed by atoms with E-state index in [4.69, 9.17) is 14.2 Å². The summed E-state index contributed by atoms with van der Waals surface area (Å²) in [4.78, 5) is 0. The highest BCUT2D eigenvalue weighted by Crippen LogP contribution is 2.53. The van der Waals surface area contributed by atoms with Gasteiger partial charge < -0.3 is 14.2 Å². The molecule has 127 valence electrons. The highest BCUT2D eigenvalue weighted by molar-refractivity contribution is 9.12. The summed E-state index contributed by atoms with van der Waals surface area (Å²) in [5.41, 5.74) is 0.450. The molecule has 2 rings (SSSR count). The van der Waals surface area contributed by atoms with Crippen LogP contribution in [0.4, 0.5) is 0 Å². The Morgan fingerprint density at radius 2 is 1.39 bits per heavy atom. The Balaban J connectivity index is 2.73. The molecule has 1 aliphatic heterocycles. The molecule has 0 fully saturated rings. The van der Waals surface area contributed by atoms with E-state index in [0.717, 1.165) is 20.7 Å². The third kappa shape index (κ3) is 2.62. The molecule has 0 unspecified atom stereocenters. The van der Waals surface area contributed by atoms with Gasteiger partial charge in [-0.15, -0.1) is 10.3 Å². The molecule has 6 heteroatoms. The predicted molar refractivity (Wildman–Crippen MR) is 92.6 cm³/mol. The summed E-state index contributed by atoms with van der Waals surface area (Å²) in [6.45, 7) is 7.62. The van der Waals surface area contributed by atoms with Crippen LogP contribution in [-0.2, 0) is 5.21 Å². The van der Waals surface area contributed by atoms with Crippen molar-refractivity contribution in [3.8, 4) is 17.2 Å². The minimum atomic E-state index is -0.688. The van der Waals surface area contributed by atoms with E-state index in [2.05, 4.69) is 15.9 Å². The van der Waals surface area contributed by atoms with E-state index in [1.165, 1.54) is 0 Å². The largest absolute Gasteiger partial charge is 0.493 e. The van der Waals surface area contributed by atoms with Gasteiger partial charge in [0.25, 0.3) is 0 Å². The van der Waals surface area contributed by atoms with Gasteiger partial charge >= 0.3 is 0 Å². The van der Waals surface area contributed by atoms with E-state index in [9.17, 15) is 5.21 Å². The molecule has 23 heavy (non-hydrogen) atoms. The zero-order valence-electron chi connectivity index (χ0n) is 14.6. The van der Waals surface area contributed by atoms with Crippen LogP contribution < -0.4 is 14.2 Å². The van der Waals surface area contributed by atoms with Gasteiger partial charge in [0.15, 0.2) is 11.5 Å². The number of ether oxygens (including phenoxy) is 3. The summed E-state index contributed by atoms with van der Waals surface area (Å²) in [5.74, 6) is 1.66. The van der Waals surface area contributed by atoms with Crippen molar-refractivity contribution in [2.45, 2.75) is 38.8 Å². The first-order valence-electron chi connectivity index (χ1n) is 7.31. The molecule has 0 aromatic heterocycles. The van der Waals surface area contributed by atoms with Crippen LogP contribution in [0, 0.1) is 0 Å². The van der Waals surface area contributed by atoms with E-state index >= 15 is 0 Å². The normalized spacial score (nSPS) is 19.9. The zero-order valence-corrected chi connectivity index (χ0v) is 16.2. The van der Waals surface area contributed by atoms with E-state index in [1.807, 2.05) is 39.8 Å². The van der Waals surface area contributed by atoms with Gasteiger partial charge in [-0.25, -0.2) is 0 Å². The average Bonchev–Trinajstić information content (AvgIpc) is 2.63. The highest BCUT2D eigenvalue weighted by Gasteiger charge is 2.51. The Labute approximate surface area is 145 Å². The van der Waals surface area contributed by atoms with Crippen molar-refractivity contribution >= 4 is 21.5 Å². The second-order valence-corrected chi connectivity index (χ2v) is 7.31. The molecule has 0 spiro atoms. The van der Waals surface area contributed by atoms with Crippen molar-refractivity contribution in [3.05, 3.63) is 22.2 Å². The van der Waals surface area contributed by atoms with Gasteiger partial charge in [-0.3, -0.25) is 0 Å². The molecule has 0 bridgehead atoms. The fourth-order valence-corrected chi connectivity index (χ4v) is 4.04. The molecule has 0 amide bonds. The van der Waals surface area contributed by atoms with Gasteiger partial charge in [0.1, 0.15) is 0 Å². The van der Waals surface area contributed by atoms with Crippen molar-refractivity contribution in [1.82, 2.24) is 5.06 Å². The number of hydrogen-bond acceptors (Lipinski definition) is 4. The fraction of sp³-hybridized carbons (Fsp3) is 0.529. The fourth-order valence-electron chi connectivity index (χ4n) is 3.17. The van der Waals surface area contributed by atoms with Crippen LogP contribution in [0.5, 0.6) is 17.2 Å². The quantitative estimate of drug-likeness (QED) is 0.785. The second-order valence-electron chi connectivity index (χ2n) is 6.52. The number of rotatable bonds is 4. The Kier molecular flexibility index (Phi) is 4.72. The molecule has 1 aromatic carbocycles. The van der Waals surface area contributed by atoms with Crippen molar-refractivity contribution in [1.29, 1.82) is 0 Å². The van der Waals surface area contributed by atoms with Gasteiger partial charge in [-0.2, -0.15) is 0 Å². The second kappa shape index (κ2) is 6.00. The molecule has 1 heterocycles. The van der Waals surface area contributed by atoms with Gasteiger partial charge in [-0.1, -0.05) is 15.9 Å². The lowest BCUT2D eigenvalue weighted by molar-refractivity contribution is -0.235. The maximum absolute atomic E-state index is 12.7. The number of hydroxylamine groups is 2. The van der Waals surface area contributed by atoms with Crippen LogP contribution >= 0.6 is 15.9 Å². The standard InChI is InChI=1S/C17H23BrNO4/c1-16(2)13(15(18)17(3,4)19(16)20)10-8-11(21-5)14(23-7)12(9-10)22-6/h8-9H,1-7H3. The summed E-state index contributed by atoms with van der Waals surface area (Å²) in [5, 5.41) is 13.8. The first-order chi connectivity index (χ1) is 10.6. The summed E-state index contributed by atoms with van der Waals surface area (Å²) in [6.07, 6.45) is 0. The first-order valence-corrected chi connectivity index (χ1v) is 8.10. The minimum Gasteiger partial charge on any atom is -0.493 e. The third-order valence-electron chi connectivity index (χ3n) is 4.34. The van der Waals surface area contributed by atoms with Crippen molar-refractivity contribution < 1.29 is 19.4 Å². The summed E-state index contributed by atoms with van der Waals surface area (Å²) in [6, 6.07) is 3.74. The molecule has 1 aromatic rings. The van der Waals surface area contributed by atoms with Crippen molar-refractivity contribution in [3.63, 3.8) is 0 Å². The lowest BCUT2D eigenvalue weighted by atomic mass is 9.89. The van der Waals surface area contributed by atoms with E-state index < -0.39 is 11.1 Å². The summed E-state index contributed by atoms with van der Waals surface area (Å²) >= 11 is 3.63. The zero-order chi connectivity index (χ0) is 17.6.